The molecule has 0 spiro atoms. The number of hydrogen-bond acceptors (Lipinski definition) is 1. The minimum Gasteiger partial charge on any atom is -0.348 e. The van der Waals surface area contributed by atoms with E-state index in [4.69, 9.17) is 23.2 Å². The van der Waals surface area contributed by atoms with Gasteiger partial charge in [0.05, 0.1) is 5.54 Å². The molecule has 0 saturated heterocycles. The summed E-state index contributed by atoms with van der Waals surface area (Å²) < 4.78 is 0. The third-order valence-corrected chi connectivity index (χ3v) is 3.85. The zero-order valence-electron chi connectivity index (χ0n) is 9.78. The molecule has 0 aromatic heterocycles. The molecule has 0 fully saturated rings. The molecule has 1 amide bonds. The first kappa shape index (κ1) is 15.0. The molecule has 0 aliphatic heterocycles. The molecule has 0 heterocycles. The number of nitrogens with one attached hydrogen (secondary N) is 1. The second-order valence-electron chi connectivity index (χ2n) is 4.17. The van der Waals surface area contributed by atoms with Gasteiger partial charge in [-0.05, 0) is 12.3 Å². The molecule has 0 radical (unpaired) electrons. The van der Waals surface area contributed by atoms with E-state index in [0.717, 1.165) is 12.8 Å². The third kappa shape index (κ3) is 5.07. The lowest BCUT2D eigenvalue weighted by Crippen LogP contribution is -2.51. The second-order valence-corrected chi connectivity index (χ2v) is 4.70. The molecule has 15 heavy (non-hydrogen) atoms. The van der Waals surface area contributed by atoms with Crippen LogP contribution in [0.2, 0.25) is 0 Å². The molecule has 4 heteroatoms. The molecular weight excluding hydrogens is 233 g/mol. The molecule has 0 aliphatic carbocycles. The summed E-state index contributed by atoms with van der Waals surface area (Å²) in [6, 6.07) is 0. The van der Waals surface area contributed by atoms with Gasteiger partial charge in [-0.15, -0.1) is 23.2 Å². The average Bonchev–Trinajstić information content (AvgIpc) is 2.26. The fraction of sp³-hybridized carbons (Fsp3) is 0.909. The van der Waals surface area contributed by atoms with Crippen LogP contribution in [0.25, 0.3) is 0 Å². The number of alkyl halides is 2. The van der Waals surface area contributed by atoms with Gasteiger partial charge in [0.15, 0.2) is 0 Å². The zero-order valence-corrected chi connectivity index (χ0v) is 11.3. The Morgan fingerprint density at radius 2 is 1.87 bits per heavy atom. The van der Waals surface area contributed by atoms with Crippen LogP contribution in [-0.4, -0.2) is 23.2 Å². The van der Waals surface area contributed by atoms with Crippen LogP contribution in [0, 0.1) is 5.92 Å². The molecule has 1 atom stereocenters. The van der Waals surface area contributed by atoms with Gasteiger partial charge >= 0.3 is 0 Å². The Bertz CT molecular complexity index is 185. The summed E-state index contributed by atoms with van der Waals surface area (Å²) in [7, 11) is 0. The molecule has 0 saturated carbocycles. The Morgan fingerprint density at radius 1 is 1.33 bits per heavy atom. The smallest absolute Gasteiger partial charge is 0.220 e. The van der Waals surface area contributed by atoms with Gasteiger partial charge < -0.3 is 5.32 Å². The van der Waals surface area contributed by atoms with Crippen LogP contribution in [0.5, 0.6) is 0 Å². The van der Waals surface area contributed by atoms with E-state index in [2.05, 4.69) is 19.2 Å². The van der Waals surface area contributed by atoms with Crippen molar-refractivity contribution in [2.75, 3.05) is 11.8 Å². The van der Waals surface area contributed by atoms with Crippen LogP contribution in [0.15, 0.2) is 0 Å². The van der Waals surface area contributed by atoms with E-state index in [1.165, 1.54) is 0 Å². The van der Waals surface area contributed by atoms with Crippen LogP contribution in [0.1, 0.15) is 40.0 Å². The Kier molecular flexibility index (Phi) is 7.37. The van der Waals surface area contributed by atoms with Gasteiger partial charge in [-0.2, -0.15) is 0 Å². The fourth-order valence-corrected chi connectivity index (χ4v) is 1.98. The summed E-state index contributed by atoms with van der Waals surface area (Å²) in [5.41, 5.74) is -0.437. The van der Waals surface area contributed by atoms with E-state index < -0.39 is 5.54 Å². The molecule has 90 valence electrons. The SMILES string of the molecule is CCC(C)CC(=O)NC(CC)(CCl)CCl. The summed E-state index contributed by atoms with van der Waals surface area (Å²) >= 11 is 11.7. The quantitative estimate of drug-likeness (QED) is 0.695. The molecule has 1 N–H and O–H groups in total. The summed E-state index contributed by atoms with van der Waals surface area (Å²) in [6.07, 6.45) is 2.31. The highest BCUT2D eigenvalue weighted by Gasteiger charge is 2.28. The van der Waals surface area contributed by atoms with Crippen LogP contribution < -0.4 is 5.32 Å². The fourth-order valence-electron chi connectivity index (χ4n) is 1.19. The number of halogens is 2. The van der Waals surface area contributed by atoms with Crippen molar-refractivity contribution in [3.05, 3.63) is 0 Å². The highest BCUT2D eigenvalue weighted by atomic mass is 35.5. The van der Waals surface area contributed by atoms with Crippen molar-refractivity contribution in [1.82, 2.24) is 5.32 Å². The first-order valence-electron chi connectivity index (χ1n) is 5.46. The largest absolute Gasteiger partial charge is 0.348 e. The van der Waals surface area contributed by atoms with Crippen molar-refractivity contribution in [3.63, 3.8) is 0 Å². The maximum Gasteiger partial charge on any atom is 0.220 e. The van der Waals surface area contributed by atoms with Crippen molar-refractivity contribution < 1.29 is 4.79 Å². The maximum atomic E-state index is 11.7. The number of carbonyl (C=O) groups excluding carboxylic acids is 1. The maximum absolute atomic E-state index is 11.7. The standard InChI is InChI=1S/C11H21Cl2NO/c1-4-9(3)6-10(15)14-11(5-2,7-12)8-13/h9H,4-8H2,1-3H3,(H,14,15). The van der Waals surface area contributed by atoms with E-state index in [-0.39, 0.29) is 5.91 Å². The van der Waals surface area contributed by atoms with E-state index in [1.807, 2.05) is 6.92 Å². The van der Waals surface area contributed by atoms with Gasteiger partial charge in [0.2, 0.25) is 5.91 Å². The average molecular weight is 254 g/mol. The molecule has 0 aromatic rings. The molecule has 0 aliphatic rings. The third-order valence-electron chi connectivity index (χ3n) is 2.82. The minimum absolute atomic E-state index is 0.0486. The Morgan fingerprint density at radius 3 is 2.20 bits per heavy atom. The Balaban J connectivity index is 4.23. The van der Waals surface area contributed by atoms with Crippen LogP contribution in [-0.2, 0) is 4.79 Å². The Labute approximate surface area is 103 Å². The van der Waals surface area contributed by atoms with Gasteiger partial charge in [-0.1, -0.05) is 27.2 Å². The predicted octanol–water partition coefficient (Wildman–Crippen LogP) is 3.17. The predicted molar refractivity (Wildman–Crippen MR) is 66.7 cm³/mol. The number of hydrogen-bond donors (Lipinski definition) is 1. The van der Waals surface area contributed by atoms with E-state index in [9.17, 15) is 4.79 Å². The van der Waals surface area contributed by atoms with E-state index in [1.54, 1.807) is 0 Å². The lowest BCUT2D eigenvalue weighted by atomic mass is 9.99. The molecule has 1 unspecified atom stereocenters. The van der Waals surface area contributed by atoms with Crippen molar-refractivity contribution in [1.29, 1.82) is 0 Å². The molecule has 0 aromatic carbocycles. The summed E-state index contributed by atoms with van der Waals surface area (Å²) in [5.74, 6) is 1.18. The number of amides is 1. The summed E-state index contributed by atoms with van der Waals surface area (Å²) in [6.45, 7) is 6.12. The summed E-state index contributed by atoms with van der Waals surface area (Å²) in [5, 5.41) is 2.94. The van der Waals surface area contributed by atoms with Crippen molar-refractivity contribution >= 4 is 29.1 Å². The van der Waals surface area contributed by atoms with E-state index in [0.29, 0.717) is 24.1 Å². The Hall–Kier alpha value is 0.0500. The number of rotatable bonds is 7. The van der Waals surface area contributed by atoms with Crippen molar-refractivity contribution in [2.24, 2.45) is 5.92 Å². The van der Waals surface area contributed by atoms with Gasteiger partial charge in [-0.25, -0.2) is 0 Å². The topological polar surface area (TPSA) is 29.1 Å². The van der Waals surface area contributed by atoms with Gasteiger partial charge in [0.25, 0.3) is 0 Å². The van der Waals surface area contributed by atoms with Crippen LogP contribution in [0.4, 0.5) is 0 Å². The summed E-state index contributed by atoms with van der Waals surface area (Å²) in [4.78, 5) is 11.7. The first-order valence-corrected chi connectivity index (χ1v) is 6.53. The monoisotopic (exact) mass is 253 g/mol. The highest BCUT2D eigenvalue weighted by molar-refractivity contribution is 6.22. The first-order chi connectivity index (χ1) is 7.03. The van der Waals surface area contributed by atoms with Crippen molar-refractivity contribution in [3.8, 4) is 0 Å². The van der Waals surface area contributed by atoms with Gasteiger partial charge in [-0.3, -0.25) is 4.79 Å². The zero-order chi connectivity index (χ0) is 11.9. The highest BCUT2D eigenvalue weighted by Crippen LogP contribution is 2.16. The van der Waals surface area contributed by atoms with Gasteiger partial charge in [0.1, 0.15) is 0 Å². The molecule has 0 bridgehead atoms. The molecular formula is C11H21Cl2NO. The molecule has 0 rings (SSSR count). The normalized spacial score (nSPS) is 13.7. The number of carbonyl (C=O) groups is 1. The lowest BCUT2D eigenvalue weighted by Gasteiger charge is -2.30. The van der Waals surface area contributed by atoms with E-state index >= 15 is 0 Å². The van der Waals surface area contributed by atoms with Gasteiger partial charge in [0, 0.05) is 18.2 Å². The van der Waals surface area contributed by atoms with Crippen LogP contribution >= 0.6 is 23.2 Å². The minimum atomic E-state index is -0.437. The van der Waals surface area contributed by atoms with Crippen LogP contribution in [0.3, 0.4) is 0 Å². The molecule has 2 nitrogen and oxygen atoms in total. The lowest BCUT2D eigenvalue weighted by molar-refractivity contribution is -0.123. The second kappa shape index (κ2) is 7.34. The van der Waals surface area contributed by atoms with Crippen molar-refractivity contribution in [2.45, 2.75) is 45.6 Å².